The lowest BCUT2D eigenvalue weighted by atomic mass is 10.0. The van der Waals surface area contributed by atoms with Crippen molar-refractivity contribution >= 4 is 28.6 Å². The molecule has 0 saturated carbocycles. The number of halogens is 3. The second-order valence-corrected chi connectivity index (χ2v) is 11.2. The quantitative estimate of drug-likeness (QED) is 0.0723. The molecule has 0 spiro atoms. The molecule has 242 valence electrons. The van der Waals surface area contributed by atoms with Crippen LogP contribution in [0.4, 0.5) is 8.78 Å². The van der Waals surface area contributed by atoms with E-state index in [0.29, 0.717) is 54.1 Å². The van der Waals surface area contributed by atoms with Crippen LogP contribution in [0, 0.1) is 32.4 Å². The number of carboxylic acid groups (broad SMARTS) is 1. The predicted molar refractivity (Wildman–Crippen MR) is 178 cm³/mol. The van der Waals surface area contributed by atoms with E-state index >= 15 is 0 Å². The molecule has 0 unspecified atom stereocenters. The third-order valence-corrected chi connectivity index (χ3v) is 7.71. The summed E-state index contributed by atoms with van der Waals surface area (Å²) in [6, 6.07) is 17.5. The minimum atomic E-state index is -0.934. The van der Waals surface area contributed by atoms with Gasteiger partial charge in [-0.05, 0) is 93.3 Å². The zero-order valence-corrected chi connectivity index (χ0v) is 28.0. The summed E-state index contributed by atoms with van der Waals surface area (Å²) in [5.74, 6) is 1.01. The summed E-state index contributed by atoms with van der Waals surface area (Å²) in [7, 11) is 0. The van der Waals surface area contributed by atoms with Gasteiger partial charge in [0.05, 0.1) is 24.5 Å². The first-order valence-corrected chi connectivity index (χ1v) is 16.2. The molecule has 2 aromatic heterocycles. The Morgan fingerprint density at radius 1 is 0.761 bits per heavy atom. The first-order valence-electron chi connectivity index (χ1n) is 14.6. The number of aromatic nitrogens is 2. The predicted octanol–water partition coefficient (Wildman–Crippen LogP) is 9.03. The Kier molecular flexibility index (Phi) is 13.0. The van der Waals surface area contributed by atoms with Crippen LogP contribution >= 0.6 is 22.6 Å². The van der Waals surface area contributed by atoms with Crippen LogP contribution in [0.25, 0.3) is 22.9 Å². The van der Waals surface area contributed by atoms with Crippen molar-refractivity contribution in [3.05, 3.63) is 118 Å². The van der Waals surface area contributed by atoms with Crippen molar-refractivity contribution in [2.24, 2.45) is 0 Å². The van der Waals surface area contributed by atoms with Crippen LogP contribution in [-0.4, -0.2) is 34.3 Å². The van der Waals surface area contributed by atoms with Crippen molar-refractivity contribution in [2.75, 3.05) is 13.2 Å². The van der Waals surface area contributed by atoms with Crippen molar-refractivity contribution in [2.45, 2.75) is 51.3 Å². The highest BCUT2D eigenvalue weighted by Crippen LogP contribution is 2.24. The number of hydrogen-bond acceptors (Lipinski definition) is 7. The first kappa shape index (κ1) is 34.9. The van der Waals surface area contributed by atoms with Gasteiger partial charge in [0.2, 0.25) is 11.8 Å². The van der Waals surface area contributed by atoms with Gasteiger partial charge in [-0.3, -0.25) is 0 Å². The van der Waals surface area contributed by atoms with E-state index in [2.05, 4.69) is 32.6 Å². The largest absolute Gasteiger partial charge is 0.478 e. The molecule has 0 saturated heterocycles. The van der Waals surface area contributed by atoms with Crippen LogP contribution in [-0.2, 0) is 27.1 Å². The van der Waals surface area contributed by atoms with E-state index in [1.165, 1.54) is 24.3 Å². The number of hydrogen-bond donors (Lipinski definition) is 1. The molecule has 0 bridgehead atoms. The maximum atomic E-state index is 13.1. The van der Waals surface area contributed by atoms with Crippen LogP contribution in [0.3, 0.4) is 0 Å². The number of aromatic carboxylic acids is 1. The average molecular weight is 745 g/mol. The molecule has 0 aliphatic heterocycles. The molecule has 5 rings (SSSR count). The fourth-order valence-corrected chi connectivity index (χ4v) is 5.17. The van der Waals surface area contributed by atoms with Gasteiger partial charge in [-0.15, -0.1) is 0 Å². The molecule has 5 aromatic rings. The molecule has 1 N–H and O–H groups in total. The van der Waals surface area contributed by atoms with Gasteiger partial charge in [-0.25, -0.2) is 23.5 Å². The Bertz CT molecular complexity index is 1720. The highest BCUT2D eigenvalue weighted by Gasteiger charge is 2.14. The van der Waals surface area contributed by atoms with Gasteiger partial charge in [0.15, 0.2) is 0 Å². The summed E-state index contributed by atoms with van der Waals surface area (Å²) in [6.45, 7) is 7.16. The monoisotopic (exact) mass is 744 g/mol. The molecular weight excluding hydrogens is 709 g/mol. The molecule has 8 nitrogen and oxygen atoms in total. The molecule has 3 aromatic carbocycles. The minimum Gasteiger partial charge on any atom is -0.478 e. The summed E-state index contributed by atoms with van der Waals surface area (Å²) in [5.41, 5.74) is 4.90. The SMILES string of the molecule is Cc1cccc(COCCCCOCc2nc(-c3ccc(F)cc3)oc2C)c1C(=O)O.Cc1oc(-c2ccc(F)cc2)nc1CI. The molecule has 46 heavy (non-hydrogen) atoms. The Labute approximate surface area is 279 Å². The highest BCUT2D eigenvalue weighted by atomic mass is 127. The number of carboxylic acids is 1. The van der Waals surface area contributed by atoms with E-state index in [0.717, 1.165) is 45.5 Å². The summed E-state index contributed by atoms with van der Waals surface area (Å²) in [4.78, 5) is 20.2. The molecule has 0 radical (unpaired) electrons. The summed E-state index contributed by atoms with van der Waals surface area (Å²) in [6.07, 6.45) is 1.61. The van der Waals surface area contributed by atoms with E-state index in [1.807, 2.05) is 19.9 Å². The Hall–Kier alpha value is -3.94. The van der Waals surface area contributed by atoms with Gasteiger partial charge in [0.25, 0.3) is 0 Å². The first-order chi connectivity index (χ1) is 22.2. The number of oxazole rings is 2. The van der Waals surface area contributed by atoms with Gasteiger partial charge in [0, 0.05) is 28.8 Å². The van der Waals surface area contributed by atoms with Crippen molar-refractivity contribution in [1.29, 1.82) is 0 Å². The van der Waals surface area contributed by atoms with E-state index in [9.17, 15) is 18.7 Å². The second-order valence-electron chi connectivity index (χ2n) is 10.4. The Morgan fingerprint density at radius 3 is 1.76 bits per heavy atom. The number of aryl methyl sites for hydroxylation is 3. The van der Waals surface area contributed by atoms with Crippen molar-refractivity contribution in [3.8, 4) is 22.9 Å². The number of carbonyl (C=O) groups is 1. The standard InChI is InChI=1S/C24H26FNO5.C11H9FINO/c1-16-6-5-7-19(22(16)24(27)28)14-29-12-3-4-13-30-15-21-17(2)31-23(26-21)18-8-10-20(25)11-9-18;1-7-10(6-13)14-11(15-7)8-2-4-9(12)5-3-8/h5-11H,3-4,12-15H2,1-2H3,(H,27,28);2-5H,6H2,1H3. The zero-order valence-electron chi connectivity index (χ0n) is 25.8. The number of unbranched alkanes of at least 4 members (excludes halogenated alkanes) is 1. The fourth-order valence-electron chi connectivity index (χ4n) is 4.46. The Balaban J connectivity index is 0.000000266. The van der Waals surface area contributed by atoms with Crippen LogP contribution in [0.2, 0.25) is 0 Å². The van der Waals surface area contributed by atoms with Crippen LogP contribution < -0.4 is 0 Å². The van der Waals surface area contributed by atoms with Crippen molar-refractivity contribution in [1.82, 2.24) is 9.97 Å². The third kappa shape index (κ3) is 9.78. The number of nitrogens with zero attached hydrogens (tertiary/aromatic N) is 2. The number of benzene rings is 3. The normalized spacial score (nSPS) is 10.9. The minimum absolute atomic E-state index is 0.254. The van der Waals surface area contributed by atoms with Gasteiger partial charge >= 0.3 is 5.97 Å². The summed E-state index contributed by atoms with van der Waals surface area (Å²) >= 11 is 2.23. The lowest BCUT2D eigenvalue weighted by Gasteiger charge is -2.09. The van der Waals surface area contributed by atoms with Gasteiger partial charge in [0.1, 0.15) is 28.8 Å². The third-order valence-electron chi connectivity index (χ3n) is 6.99. The van der Waals surface area contributed by atoms with Gasteiger partial charge in [-0.1, -0.05) is 40.8 Å². The Morgan fingerprint density at radius 2 is 1.26 bits per heavy atom. The van der Waals surface area contributed by atoms with E-state index < -0.39 is 5.97 Å². The molecular formula is C35H35F2IN2O6. The maximum absolute atomic E-state index is 13.1. The van der Waals surface area contributed by atoms with E-state index in [4.69, 9.17) is 18.3 Å². The van der Waals surface area contributed by atoms with Crippen LogP contribution in [0.5, 0.6) is 0 Å². The second kappa shape index (κ2) is 17.1. The number of rotatable bonds is 13. The summed E-state index contributed by atoms with van der Waals surface area (Å²) < 4.78 is 49.0. The highest BCUT2D eigenvalue weighted by molar-refractivity contribution is 14.1. The molecule has 0 fully saturated rings. The molecule has 11 heteroatoms. The van der Waals surface area contributed by atoms with E-state index in [-0.39, 0.29) is 18.2 Å². The topological polar surface area (TPSA) is 108 Å². The van der Waals surface area contributed by atoms with Gasteiger partial charge in [-0.2, -0.15) is 0 Å². The van der Waals surface area contributed by atoms with Crippen molar-refractivity contribution < 1.29 is 37.0 Å². The maximum Gasteiger partial charge on any atom is 0.336 e. The zero-order chi connectivity index (χ0) is 33.1. The van der Waals surface area contributed by atoms with Crippen LogP contribution in [0.1, 0.15) is 57.2 Å². The average Bonchev–Trinajstić information content (AvgIpc) is 3.60. The lowest BCUT2D eigenvalue weighted by molar-refractivity contribution is 0.0682. The fraction of sp³-hybridized carbons (Fsp3) is 0.286. The lowest BCUT2D eigenvalue weighted by Crippen LogP contribution is -2.07. The van der Waals surface area contributed by atoms with E-state index in [1.54, 1.807) is 43.3 Å². The molecule has 0 aliphatic rings. The smallest absolute Gasteiger partial charge is 0.336 e. The molecule has 0 amide bonds. The van der Waals surface area contributed by atoms with Crippen LogP contribution in [0.15, 0.2) is 75.6 Å². The molecule has 0 aliphatic carbocycles. The van der Waals surface area contributed by atoms with Gasteiger partial charge < -0.3 is 23.4 Å². The number of alkyl halides is 1. The number of ether oxygens (including phenoxy) is 2. The van der Waals surface area contributed by atoms with Crippen molar-refractivity contribution in [3.63, 3.8) is 0 Å². The molecule has 2 heterocycles. The summed E-state index contributed by atoms with van der Waals surface area (Å²) in [5, 5.41) is 9.34. The molecule has 0 atom stereocenters.